The van der Waals surface area contributed by atoms with E-state index in [1.54, 1.807) is 17.0 Å². The molecule has 0 aliphatic carbocycles. The Balaban J connectivity index is 1.43. The highest BCUT2D eigenvalue weighted by Crippen LogP contribution is 2.48. The normalized spacial score (nSPS) is 24.8. The quantitative estimate of drug-likeness (QED) is 0.631. The summed E-state index contributed by atoms with van der Waals surface area (Å²) < 4.78 is 1.80. The Morgan fingerprint density at radius 3 is 2.67 bits per heavy atom. The first-order chi connectivity index (χ1) is 16.0. The van der Waals surface area contributed by atoms with Crippen LogP contribution in [0, 0.1) is 11.8 Å². The molecule has 5 rings (SSSR count). The van der Waals surface area contributed by atoms with Crippen LogP contribution in [-0.4, -0.2) is 45.2 Å². The number of benzene rings is 1. The smallest absolute Gasteiger partial charge is 0.258 e. The zero-order chi connectivity index (χ0) is 23.1. The zero-order valence-corrected chi connectivity index (χ0v) is 18.8. The lowest BCUT2D eigenvalue weighted by molar-refractivity contribution is -0.127. The molecule has 7 heteroatoms. The summed E-state index contributed by atoms with van der Waals surface area (Å²) in [7, 11) is 1.92. The van der Waals surface area contributed by atoms with E-state index in [0.29, 0.717) is 12.1 Å². The highest BCUT2D eigenvalue weighted by atomic mass is 16.3. The number of aromatic nitrogens is 2. The van der Waals surface area contributed by atoms with Gasteiger partial charge in [-0.1, -0.05) is 36.4 Å². The highest BCUT2D eigenvalue weighted by molar-refractivity contribution is 5.83. The number of amides is 1. The van der Waals surface area contributed by atoms with Crippen LogP contribution in [0.2, 0.25) is 0 Å². The fourth-order valence-electron chi connectivity index (χ4n) is 5.64. The van der Waals surface area contributed by atoms with Crippen molar-refractivity contribution >= 4 is 5.91 Å². The van der Waals surface area contributed by atoms with Crippen molar-refractivity contribution in [3.63, 3.8) is 0 Å². The second-order valence-corrected chi connectivity index (χ2v) is 9.04. The number of hydrogen-bond donors (Lipinski definition) is 2. The van der Waals surface area contributed by atoms with Crippen molar-refractivity contribution in [2.75, 3.05) is 13.7 Å². The number of nitrogens with one attached hydrogen (secondary N) is 1. The minimum atomic E-state index is -0.460. The van der Waals surface area contributed by atoms with Crippen LogP contribution in [0.4, 0.5) is 0 Å². The first-order valence-electron chi connectivity index (χ1n) is 11.3. The second-order valence-electron chi connectivity index (χ2n) is 9.04. The number of hydrogen-bond acceptors (Lipinski definition) is 5. The van der Waals surface area contributed by atoms with Gasteiger partial charge in [-0.2, -0.15) is 0 Å². The van der Waals surface area contributed by atoms with Crippen molar-refractivity contribution in [1.29, 1.82) is 0 Å². The molecule has 0 spiro atoms. The van der Waals surface area contributed by atoms with Crippen LogP contribution in [0.1, 0.15) is 30.3 Å². The van der Waals surface area contributed by atoms with Gasteiger partial charge in [-0.05, 0) is 37.7 Å². The summed E-state index contributed by atoms with van der Waals surface area (Å²) >= 11 is 0. The van der Waals surface area contributed by atoms with Gasteiger partial charge in [0.1, 0.15) is 0 Å². The Labute approximate surface area is 192 Å². The molecule has 33 heavy (non-hydrogen) atoms. The number of likely N-dealkylation sites (tertiary alicyclic amines) is 1. The summed E-state index contributed by atoms with van der Waals surface area (Å²) in [4.78, 5) is 32.8. The van der Waals surface area contributed by atoms with E-state index in [0.717, 1.165) is 16.8 Å². The van der Waals surface area contributed by atoms with Gasteiger partial charge in [-0.15, -0.1) is 0 Å². The Kier molecular flexibility index (Phi) is 5.60. The Bertz CT molecular complexity index is 1210. The number of carbonyl (C=O) groups is 1. The number of aliphatic hydroxyl groups is 1. The van der Waals surface area contributed by atoms with Crippen LogP contribution < -0.4 is 10.9 Å². The minimum Gasteiger partial charge on any atom is -0.396 e. The average Bonchev–Trinajstić information content (AvgIpc) is 3.35. The third-order valence-corrected chi connectivity index (χ3v) is 7.25. The van der Waals surface area contributed by atoms with Crippen molar-refractivity contribution < 1.29 is 9.90 Å². The van der Waals surface area contributed by atoms with Gasteiger partial charge in [0.25, 0.3) is 5.56 Å². The lowest BCUT2D eigenvalue weighted by Gasteiger charge is -2.28. The van der Waals surface area contributed by atoms with Crippen molar-refractivity contribution in [3.05, 3.63) is 88.6 Å². The molecule has 1 fully saturated rings. The summed E-state index contributed by atoms with van der Waals surface area (Å²) in [6.07, 6.45) is 3.37. The molecule has 1 saturated heterocycles. The summed E-state index contributed by atoms with van der Waals surface area (Å²) in [5.74, 6) is -0.369. The van der Waals surface area contributed by atoms with Crippen LogP contribution >= 0.6 is 0 Å². The summed E-state index contributed by atoms with van der Waals surface area (Å²) in [6.45, 7) is 2.34. The molecular weight excluding hydrogens is 416 g/mol. The second kappa shape index (κ2) is 8.57. The number of aliphatic hydroxyl groups excluding tert-OH is 1. The molecule has 1 aromatic carbocycles. The molecule has 0 unspecified atom stereocenters. The van der Waals surface area contributed by atoms with E-state index in [9.17, 15) is 14.7 Å². The number of carbonyl (C=O) groups excluding carboxylic acids is 1. The molecule has 2 aliphatic heterocycles. The highest BCUT2D eigenvalue weighted by Gasteiger charge is 2.54. The lowest BCUT2D eigenvalue weighted by atomic mass is 9.88. The number of nitrogens with zero attached hydrogens (tertiary/aromatic N) is 3. The molecule has 7 nitrogen and oxygen atoms in total. The van der Waals surface area contributed by atoms with Gasteiger partial charge in [-0.3, -0.25) is 19.5 Å². The van der Waals surface area contributed by atoms with Gasteiger partial charge in [0.2, 0.25) is 5.91 Å². The van der Waals surface area contributed by atoms with Gasteiger partial charge in [-0.25, -0.2) is 0 Å². The Morgan fingerprint density at radius 2 is 1.97 bits per heavy atom. The van der Waals surface area contributed by atoms with Gasteiger partial charge in [0, 0.05) is 54.2 Å². The first-order valence-corrected chi connectivity index (χ1v) is 11.3. The van der Waals surface area contributed by atoms with Gasteiger partial charge in [0.15, 0.2) is 0 Å². The van der Waals surface area contributed by atoms with E-state index >= 15 is 0 Å². The number of likely N-dealkylation sites (N-methyl/N-ethyl adjacent to an activating group) is 1. The van der Waals surface area contributed by atoms with Crippen LogP contribution in [0.5, 0.6) is 0 Å². The Hall–Kier alpha value is -3.29. The van der Waals surface area contributed by atoms with Crippen LogP contribution in [-0.2, 0) is 11.3 Å². The Morgan fingerprint density at radius 1 is 1.18 bits per heavy atom. The minimum absolute atomic E-state index is 0.0142. The van der Waals surface area contributed by atoms with E-state index in [4.69, 9.17) is 0 Å². The molecule has 2 N–H and O–H groups in total. The van der Waals surface area contributed by atoms with Gasteiger partial charge >= 0.3 is 0 Å². The van der Waals surface area contributed by atoms with E-state index in [2.05, 4.69) is 10.3 Å². The fraction of sp³-hybridized carbons (Fsp3) is 0.346. The maximum Gasteiger partial charge on any atom is 0.258 e. The third kappa shape index (κ3) is 3.57. The third-order valence-electron chi connectivity index (χ3n) is 7.25. The molecule has 0 saturated carbocycles. The number of fused-ring (bicyclic) bond motifs is 3. The summed E-state index contributed by atoms with van der Waals surface area (Å²) in [5, 5.41) is 13.4. The molecule has 0 bridgehead atoms. The first kappa shape index (κ1) is 21.6. The maximum absolute atomic E-state index is 13.3. The van der Waals surface area contributed by atoms with Crippen LogP contribution in [0.15, 0.2) is 71.8 Å². The predicted molar refractivity (Wildman–Crippen MR) is 125 cm³/mol. The predicted octanol–water partition coefficient (Wildman–Crippen LogP) is 2.38. The summed E-state index contributed by atoms with van der Waals surface area (Å²) in [6, 6.07) is 16.7. The van der Waals surface area contributed by atoms with Crippen molar-refractivity contribution in [2.24, 2.45) is 11.8 Å². The van der Waals surface area contributed by atoms with Gasteiger partial charge < -0.3 is 15.0 Å². The lowest BCUT2D eigenvalue weighted by Crippen LogP contribution is -2.47. The molecule has 2 aromatic heterocycles. The van der Waals surface area contributed by atoms with Crippen molar-refractivity contribution in [1.82, 2.24) is 19.8 Å². The van der Waals surface area contributed by atoms with E-state index in [-0.39, 0.29) is 42.0 Å². The molecule has 170 valence electrons. The molecule has 2 aliphatic rings. The average molecular weight is 445 g/mol. The van der Waals surface area contributed by atoms with E-state index in [1.807, 2.05) is 73.5 Å². The number of rotatable bonds is 5. The van der Waals surface area contributed by atoms with Crippen LogP contribution in [0.3, 0.4) is 0 Å². The van der Waals surface area contributed by atoms with Crippen molar-refractivity contribution in [2.45, 2.75) is 31.6 Å². The SMILES string of the molecule is C[C@@H](NC(=O)[C@H]1[C@H](CO)[C@H]2Cn3c(ccc(-c4cccnc4)c3=O)[C@H]2N1C)c1ccccc1. The fourth-order valence-corrected chi connectivity index (χ4v) is 5.64. The standard InChI is InChI=1S/C26H28N4O3/c1-16(17-7-4-3-5-8-17)28-25(32)24-21(15-31)20-14-30-22(23(20)29(24)2)11-10-19(26(30)33)18-9-6-12-27-13-18/h3-13,16,20-21,23-24,31H,14-15H2,1-2H3,(H,28,32)/t16-,20-,21-,23+,24-/m1/s1. The molecule has 0 radical (unpaired) electrons. The molecule has 4 heterocycles. The summed E-state index contributed by atoms with van der Waals surface area (Å²) in [5.41, 5.74) is 3.27. The largest absolute Gasteiger partial charge is 0.396 e. The van der Waals surface area contributed by atoms with Gasteiger partial charge in [0.05, 0.1) is 18.1 Å². The maximum atomic E-state index is 13.3. The number of pyridine rings is 2. The van der Waals surface area contributed by atoms with Crippen LogP contribution in [0.25, 0.3) is 11.1 Å². The monoisotopic (exact) mass is 444 g/mol. The van der Waals surface area contributed by atoms with Crippen molar-refractivity contribution in [3.8, 4) is 11.1 Å². The molecule has 5 atom stereocenters. The molecule has 1 amide bonds. The molecule has 3 aromatic rings. The zero-order valence-electron chi connectivity index (χ0n) is 18.8. The topological polar surface area (TPSA) is 87.5 Å². The van der Waals surface area contributed by atoms with E-state index in [1.165, 1.54) is 0 Å². The van der Waals surface area contributed by atoms with E-state index < -0.39 is 6.04 Å². The molecular formula is C26H28N4O3.